The summed E-state index contributed by atoms with van der Waals surface area (Å²) in [6.07, 6.45) is 5.24. The number of halogens is 1. The maximum atomic E-state index is 14.3. The first kappa shape index (κ1) is 23.2. The Hall–Kier alpha value is -3.47. The normalized spacial score (nSPS) is 11.8. The molecule has 170 valence electrons. The van der Waals surface area contributed by atoms with Gasteiger partial charge in [-0.15, -0.1) is 0 Å². The molecule has 0 fully saturated rings. The Morgan fingerprint density at radius 1 is 1.34 bits per heavy atom. The predicted molar refractivity (Wildman–Crippen MR) is 119 cm³/mol. The molecule has 2 heterocycles. The zero-order chi connectivity index (χ0) is 23.3. The molecule has 0 aliphatic heterocycles. The molecular formula is C21H25FN6O3S. The van der Waals surface area contributed by atoms with Crippen LogP contribution in [-0.4, -0.2) is 32.4 Å². The predicted octanol–water partition coefficient (Wildman–Crippen LogP) is 3.23. The number of ether oxygens (including phenoxy) is 1. The SMILES string of the molecule is Cc1cc(C)c(COc2nsc(NC(=O)NCC(C)Cn3ccnc3)c2C(N)=O)c(F)c1. The van der Waals surface area contributed by atoms with E-state index in [-0.39, 0.29) is 29.0 Å². The van der Waals surface area contributed by atoms with Gasteiger partial charge in [-0.25, -0.2) is 14.2 Å². The van der Waals surface area contributed by atoms with Crippen molar-refractivity contribution in [1.82, 2.24) is 19.2 Å². The van der Waals surface area contributed by atoms with Gasteiger partial charge in [-0.2, -0.15) is 4.37 Å². The number of hydrogen-bond donors (Lipinski definition) is 3. The highest BCUT2D eigenvalue weighted by molar-refractivity contribution is 7.11. The number of urea groups is 1. The molecule has 0 saturated carbocycles. The second kappa shape index (κ2) is 10.2. The standard InChI is InChI=1S/C21H25FN6O3S/c1-12-6-14(3)15(16(22)7-12)10-31-19-17(18(23)29)20(32-27-19)26-21(30)25-8-13(2)9-28-5-4-24-11-28/h4-7,11,13H,8-10H2,1-3H3,(H2,23,29)(H2,25,26,30). The zero-order valence-corrected chi connectivity index (χ0v) is 18.8. The molecule has 9 nitrogen and oxygen atoms in total. The molecule has 0 aliphatic rings. The summed E-state index contributed by atoms with van der Waals surface area (Å²) in [4.78, 5) is 28.3. The second-order valence-electron chi connectivity index (χ2n) is 7.59. The summed E-state index contributed by atoms with van der Waals surface area (Å²) in [5.41, 5.74) is 7.30. The molecule has 11 heteroatoms. The molecule has 0 bridgehead atoms. The number of benzene rings is 1. The van der Waals surface area contributed by atoms with E-state index in [4.69, 9.17) is 10.5 Å². The first-order valence-electron chi connectivity index (χ1n) is 9.93. The van der Waals surface area contributed by atoms with Gasteiger partial charge >= 0.3 is 6.03 Å². The van der Waals surface area contributed by atoms with Crippen LogP contribution in [0.25, 0.3) is 0 Å². The van der Waals surface area contributed by atoms with E-state index in [1.54, 1.807) is 26.4 Å². The van der Waals surface area contributed by atoms with Gasteiger partial charge in [0.2, 0.25) is 5.88 Å². The topological polar surface area (TPSA) is 124 Å². The van der Waals surface area contributed by atoms with E-state index in [2.05, 4.69) is 20.0 Å². The number of primary amides is 1. The summed E-state index contributed by atoms with van der Waals surface area (Å²) in [6.45, 7) is 6.54. The number of nitrogens with zero attached hydrogens (tertiary/aromatic N) is 3. The largest absolute Gasteiger partial charge is 0.471 e. The van der Waals surface area contributed by atoms with Crippen LogP contribution in [0.5, 0.6) is 5.88 Å². The molecule has 4 N–H and O–H groups in total. The van der Waals surface area contributed by atoms with Crippen molar-refractivity contribution in [2.45, 2.75) is 33.9 Å². The maximum Gasteiger partial charge on any atom is 0.319 e. The van der Waals surface area contributed by atoms with Crippen LogP contribution in [0, 0.1) is 25.6 Å². The second-order valence-corrected chi connectivity index (χ2v) is 8.36. The Balaban J connectivity index is 1.62. The van der Waals surface area contributed by atoms with Crippen molar-refractivity contribution in [2.75, 3.05) is 11.9 Å². The third-order valence-corrected chi connectivity index (χ3v) is 5.49. The molecule has 1 unspecified atom stereocenters. The van der Waals surface area contributed by atoms with Gasteiger partial charge in [0.1, 0.15) is 23.0 Å². The van der Waals surface area contributed by atoms with E-state index >= 15 is 0 Å². The summed E-state index contributed by atoms with van der Waals surface area (Å²) in [7, 11) is 0. The van der Waals surface area contributed by atoms with Gasteiger partial charge < -0.3 is 20.4 Å². The minimum absolute atomic E-state index is 0.0503. The van der Waals surface area contributed by atoms with Crippen molar-refractivity contribution in [3.8, 4) is 5.88 Å². The first-order valence-corrected chi connectivity index (χ1v) is 10.7. The smallest absolute Gasteiger partial charge is 0.319 e. The molecule has 1 atom stereocenters. The third-order valence-electron chi connectivity index (χ3n) is 4.74. The number of amides is 3. The van der Waals surface area contributed by atoms with Gasteiger partial charge in [-0.3, -0.25) is 10.1 Å². The Labute approximate surface area is 189 Å². The number of anilines is 1. The van der Waals surface area contributed by atoms with Gasteiger partial charge in [0, 0.05) is 31.0 Å². The van der Waals surface area contributed by atoms with Crippen LogP contribution < -0.4 is 21.1 Å². The van der Waals surface area contributed by atoms with Crippen LogP contribution in [0.1, 0.15) is 34.0 Å². The fourth-order valence-electron chi connectivity index (χ4n) is 3.18. The number of hydrogen-bond acceptors (Lipinski definition) is 6. The van der Waals surface area contributed by atoms with Gasteiger partial charge in [0.05, 0.1) is 6.33 Å². The Morgan fingerprint density at radius 2 is 2.12 bits per heavy atom. The van der Waals surface area contributed by atoms with Crippen LogP contribution in [0.4, 0.5) is 14.2 Å². The van der Waals surface area contributed by atoms with Gasteiger partial charge in [0.15, 0.2) is 0 Å². The van der Waals surface area contributed by atoms with Crippen molar-refractivity contribution in [1.29, 1.82) is 0 Å². The van der Waals surface area contributed by atoms with E-state index in [1.165, 1.54) is 6.07 Å². The summed E-state index contributed by atoms with van der Waals surface area (Å²) in [5, 5.41) is 5.50. The fourth-order valence-corrected chi connectivity index (χ4v) is 3.91. The summed E-state index contributed by atoms with van der Waals surface area (Å²) < 4.78 is 25.8. The highest BCUT2D eigenvalue weighted by atomic mass is 32.1. The van der Waals surface area contributed by atoms with E-state index in [0.29, 0.717) is 18.7 Å². The van der Waals surface area contributed by atoms with Crippen LogP contribution in [0.2, 0.25) is 0 Å². The lowest BCUT2D eigenvalue weighted by atomic mass is 10.1. The molecule has 3 amide bonds. The van der Waals surface area contributed by atoms with Crippen molar-refractivity contribution in [2.24, 2.45) is 11.7 Å². The number of nitrogens with two attached hydrogens (primary N) is 1. The number of carbonyl (C=O) groups excluding carboxylic acids is 2. The third kappa shape index (κ3) is 5.82. The number of carbonyl (C=O) groups is 2. The van der Waals surface area contributed by atoms with Crippen molar-refractivity contribution in [3.05, 3.63) is 58.9 Å². The average molecular weight is 461 g/mol. The number of aryl methyl sites for hydroxylation is 2. The number of nitrogens with one attached hydrogen (secondary N) is 2. The molecule has 0 spiro atoms. The minimum Gasteiger partial charge on any atom is -0.471 e. The first-order chi connectivity index (χ1) is 15.2. The Morgan fingerprint density at radius 3 is 2.78 bits per heavy atom. The van der Waals surface area contributed by atoms with Crippen LogP contribution >= 0.6 is 11.5 Å². The highest BCUT2D eigenvalue weighted by Gasteiger charge is 2.22. The Kier molecular flexibility index (Phi) is 7.41. The van der Waals surface area contributed by atoms with Gasteiger partial charge in [-0.05, 0) is 48.5 Å². The molecule has 1 aromatic carbocycles. The highest BCUT2D eigenvalue weighted by Crippen LogP contribution is 2.31. The van der Waals surface area contributed by atoms with E-state index < -0.39 is 17.8 Å². The summed E-state index contributed by atoms with van der Waals surface area (Å²) in [6, 6.07) is 2.75. The van der Waals surface area contributed by atoms with Crippen molar-refractivity contribution >= 4 is 28.5 Å². The van der Waals surface area contributed by atoms with Gasteiger partial charge in [0.25, 0.3) is 5.91 Å². The fraction of sp³-hybridized carbons (Fsp3) is 0.333. The maximum absolute atomic E-state index is 14.3. The molecule has 3 rings (SSSR count). The van der Waals surface area contributed by atoms with E-state index in [1.807, 2.05) is 23.8 Å². The number of rotatable bonds is 9. The van der Waals surface area contributed by atoms with Crippen LogP contribution in [0.15, 0.2) is 30.9 Å². The van der Waals surface area contributed by atoms with Crippen molar-refractivity contribution in [3.63, 3.8) is 0 Å². The van der Waals surface area contributed by atoms with Crippen molar-refractivity contribution < 1.29 is 18.7 Å². The molecule has 3 aromatic rings. The van der Waals surface area contributed by atoms with Crippen LogP contribution in [0.3, 0.4) is 0 Å². The van der Waals surface area contributed by atoms with E-state index in [0.717, 1.165) is 22.7 Å². The van der Waals surface area contributed by atoms with Gasteiger partial charge in [-0.1, -0.05) is 13.0 Å². The minimum atomic E-state index is -0.807. The average Bonchev–Trinajstić information content (AvgIpc) is 3.35. The summed E-state index contributed by atoms with van der Waals surface area (Å²) in [5.74, 6) is -1.11. The number of imidazole rings is 1. The lowest BCUT2D eigenvalue weighted by molar-refractivity contribution is 0.0996. The molecular weight excluding hydrogens is 435 g/mol. The lowest BCUT2D eigenvalue weighted by Gasteiger charge is -2.13. The molecule has 0 saturated heterocycles. The van der Waals surface area contributed by atoms with Crippen LogP contribution in [-0.2, 0) is 13.2 Å². The lowest BCUT2D eigenvalue weighted by Crippen LogP contribution is -2.33. The molecule has 2 aromatic heterocycles. The number of aromatic nitrogens is 3. The molecule has 0 radical (unpaired) electrons. The monoisotopic (exact) mass is 460 g/mol. The van der Waals surface area contributed by atoms with E-state index in [9.17, 15) is 14.0 Å². The molecule has 0 aliphatic carbocycles. The quantitative estimate of drug-likeness (QED) is 0.452. The molecule has 32 heavy (non-hydrogen) atoms. The Bertz CT molecular complexity index is 1080. The zero-order valence-electron chi connectivity index (χ0n) is 18.0. The summed E-state index contributed by atoms with van der Waals surface area (Å²) >= 11 is 0.863.